The first-order valence-corrected chi connectivity index (χ1v) is 5.39. The first kappa shape index (κ1) is 10.9. The Labute approximate surface area is 94.4 Å². The lowest BCUT2D eigenvalue weighted by molar-refractivity contribution is -0.121. The van der Waals surface area contributed by atoms with Gasteiger partial charge in [0.15, 0.2) is 0 Å². The number of carbonyl (C=O) groups excluding carboxylic acids is 1. The van der Waals surface area contributed by atoms with Crippen LogP contribution in [0.5, 0.6) is 0 Å². The molecule has 1 fully saturated rings. The molecule has 0 aliphatic carbocycles. The summed E-state index contributed by atoms with van der Waals surface area (Å²) in [6.07, 6.45) is 4.34. The average Bonchev–Trinajstić information content (AvgIpc) is 2.78. The number of hydrogen-bond donors (Lipinski definition) is 2. The van der Waals surface area contributed by atoms with Gasteiger partial charge in [-0.25, -0.2) is 0 Å². The van der Waals surface area contributed by atoms with Gasteiger partial charge in [0.2, 0.25) is 5.91 Å². The van der Waals surface area contributed by atoms with Gasteiger partial charge in [-0.3, -0.25) is 9.78 Å². The Hall–Kier alpha value is -1.62. The van der Waals surface area contributed by atoms with E-state index in [1.54, 1.807) is 12.4 Å². The van der Waals surface area contributed by atoms with E-state index in [4.69, 9.17) is 11.5 Å². The van der Waals surface area contributed by atoms with Crippen LogP contribution in [-0.4, -0.2) is 24.0 Å². The zero-order chi connectivity index (χ0) is 11.5. The molecule has 1 amide bonds. The molecule has 0 bridgehead atoms. The second-order valence-corrected chi connectivity index (χ2v) is 4.04. The molecule has 16 heavy (non-hydrogen) atoms. The number of primary amides is 1. The van der Waals surface area contributed by atoms with E-state index in [9.17, 15) is 4.79 Å². The summed E-state index contributed by atoms with van der Waals surface area (Å²) in [4.78, 5) is 17.3. The van der Waals surface area contributed by atoms with Crippen LogP contribution >= 0.6 is 0 Å². The van der Waals surface area contributed by atoms with Crippen LogP contribution in [0.25, 0.3) is 0 Å². The van der Waals surface area contributed by atoms with Gasteiger partial charge in [-0.15, -0.1) is 0 Å². The third-order valence-corrected chi connectivity index (χ3v) is 3.04. The van der Waals surface area contributed by atoms with E-state index in [0.29, 0.717) is 13.1 Å². The van der Waals surface area contributed by atoms with E-state index in [0.717, 1.165) is 24.2 Å². The van der Waals surface area contributed by atoms with Gasteiger partial charge in [-0.05, 0) is 18.1 Å². The maximum absolute atomic E-state index is 11.1. The number of carbonyl (C=O) groups is 1. The minimum Gasteiger partial charge on any atom is -0.369 e. The Kier molecular flexibility index (Phi) is 3.05. The monoisotopic (exact) mass is 220 g/mol. The molecule has 1 aromatic rings. The van der Waals surface area contributed by atoms with Crippen molar-refractivity contribution in [3.05, 3.63) is 24.0 Å². The van der Waals surface area contributed by atoms with Gasteiger partial charge in [0.05, 0.1) is 17.8 Å². The minimum absolute atomic E-state index is 0.0502. The highest BCUT2D eigenvalue weighted by molar-refractivity contribution is 5.78. The zero-order valence-electron chi connectivity index (χ0n) is 9.10. The van der Waals surface area contributed by atoms with E-state index in [1.807, 2.05) is 6.07 Å². The SMILES string of the molecule is NCc1ccncc1N1CCC(C(N)=O)C1. The fourth-order valence-corrected chi connectivity index (χ4v) is 2.08. The van der Waals surface area contributed by atoms with Crippen molar-refractivity contribution in [1.82, 2.24) is 4.98 Å². The summed E-state index contributed by atoms with van der Waals surface area (Å²) in [6, 6.07) is 1.91. The number of anilines is 1. The maximum Gasteiger partial charge on any atom is 0.222 e. The Morgan fingerprint density at radius 1 is 1.62 bits per heavy atom. The van der Waals surface area contributed by atoms with E-state index < -0.39 is 0 Å². The molecule has 1 saturated heterocycles. The Morgan fingerprint density at radius 3 is 3.06 bits per heavy atom. The van der Waals surface area contributed by atoms with Gasteiger partial charge >= 0.3 is 0 Å². The Balaban J connectivity index is 2.17. The van der Waals surface area contributed by atoms with Crippen LogP contribution in [0.4, 0.5) is 5.69 Å². The minimum atomic E-state index is -0.222. The molecular formula is C11H16N4O. The highest BCUT2D eigenvalue weighted by Gasteiger charge is 2.27. The number of hydrogen-bond acceptors (Lipinski definition) is 4. The molecule has 0 saturated carbocycles. The third-order valence-electron chi connectivity index (χ3n) is 3.04. The van der Waals surface area contributed by atoms with Gasteiger partial charge in [0.25, 0.3) is 0 Å². The summed E-state index contributed by atoms with van der Waals surface area (Å²) in [5.74, 6) is -0.272. The molecule has 2 heterocycles. The van der Waals surface area contributed by atoms with Crippen molar-refractivity contribution in [3.63, 3.8) is 0 Å². The standard InChI is InChI=1S/C11H16N4O/c12-5-8-1-3-14-6-10(8)15-4-2-9(7-15)11(13)16/h1,3,6,9H,2,4-5,7,12H2,(H2,13,16). The van der Waals surface area contributed by atoms with Crippen molar-refractivity contribution in [2.45, 2.75) is 13.0 Å². The van der Waals surface area contributed by atoms with Crippen molar-refractivity contribution < 1.29 is 4.79 Å². The van der Waals surface area contributed by atoms with Crippen LogP contribution < -0.4 is 16.4 Å². The lowest BCUT2D eigenvalue weighted by Gasteiger charge is -2.20. The lowest BCUT2D eigenvalue weighted by atomic mass is 10.1. The van der Waals surface area contributed by atoms with Crippen LogP contribution in [0.15, 0.2) is 18.5 Å². The van der Waals surface area contributed by atoms with E-state index in [1.165, 1.54) is 0 Å². The number of aromatic nitrogens is 1. The first-order chi connectivity index (χ1) is 7.72. The number of amides is 1. The molecule has 86 valence electrons. The van der Waals surface area contributed by atoms with Crippen molar-refractivity contribution in [2.75, 3.05) is 18.0 Å². The van der Waals surface area contributed by atoms with E-state index in [2.05, 4.69) is 9.88 Å². The Bertz CT molecular complexity index is 393. The van der Waals surface area contributed by atoms with Crippen LogP contribution in [-0.2, 0) is 11.3 Å². The van der Waals surface area contributed by atoms with E-state index in [-0.39, 0.29) is 11.8 Å². The molecular weight excluding hydrogens is 204 g/mol. The van der Waals surface area contributed by atoms with E-state index >= 15 is 0 Å². The van der Waals surface area contributed by atoms with Crippen LogP contribution in [0.3, 0.4) is 0 Å². The summed E-state index contributed by atoms with van der Waals surface area (Å²) in [6.45, 7) is 2.00. The van der Waals surface area contributed by atoms with Gasteiger partial charge < -0.3 is 16.4 Å². The van der Waals surface area contributed by atoms with Crippen LogP contribution in [0, 0.1) is 5.92 Å². The van der Waals surface area contributed by atoms with Crippen molar-refractivity contribution >= 4 is 11.6 Å². The maximum atomic E-state index is 11.1. The zero-order valence-corrected chi connectivity index (χ0v) is 9.10. The van der Waals surface area contributed by atoms with Crippen molar-refractivity contribution in [3.8, 4) is 0 Å². The first-order valence-electron chi connectivity index (χ1n) is 5.39. The number of nitrogens with zero attached hydrogens (tertiary/aromatic N) is 2. The number of pyridine rings is 1. The summed E-state index contributed by atoms with van der Waals surface area (Å²) < 4.78 is 0. The van der Waals surface area contributed by atoms with Crippen LogP contribution in [0.1, 0.15) is 12.0 Å². The quantitative estimate of drug-likeness (QED) is 0.742. The second-order valence-electron chi connectivity index (χ2n) is 4.04. The smallest absolute Gasteiger partial charge is 0.222 e. The summed E-state index contributed by atoms with van der Waals surface area (Å²) in [5, 5.41) is 0. The largest absolute Gasteiger partial charge is 0.369 e. The number of rotatable bonds is 3. The van der Waals surface area contributed by atoms with Gasteiger partial charge in [0, 0.05) is 25.8 Å². The van der Waals surface area contributed by atoms with Gasteiger partial charge in [-0.1, -0.05) is 0 Å². The molecule has 5 nitrogen and oxygen atoms in total. The molecule has 1 unspecified atom stereocenters. The van der Waals surface area contributed by atoms with Crippen molar-refractivity contribution in [1.29, 1.82) is 0 Å². The molecule has 1 aromatic heterocycles. The van der Waals surface area contributed by atoms with Gasteiger partial charge in [-0.2, -0.15) is 0 Å². The molecule has 0 spiro atoms. The molecule has 2 rings (SSSR count). The summed E-state index contributed by atoms with van der Waals surface area (Å²) in [5.41, 5.74) is 13.0. The summed E-state index contributed by atoms with van der Waals surface area (Å²) >= 11 is 0. The number of nitrogens with two attached hydrogens (primary N) is 2. The third kappa shape index (κ3) is 1.99. The normalized spacial score (nSPS) is 20.1. The predicted molar refractivity (Wildman–Crippen MR) is 61.6 cm³/mol. The highest BCUT2D eigenvalue weighted by Crippen LogP contribution is 2.25. The molecule has 4 N–H and O–H groups in total. The average molecular weight is 220 g/mol. The molecule has 1 atom stereocenters. The predicted octanol–water partition coefficient (Wildman–Crippen LogP) is -0.148. The molecule has 1 aliphatic rings. The Morgan fingerprint density at radius 2 is 2.44 bits per heavy atom. The summed E-state index contributed by atoms with van der Waals surface area (Å²) in [7, 11) is 0. The molecule has 1 aliphatic heterocycles. The van der Waals surface area contributed by atoms with Gasteiger partial charge in [0.1, 0.15) is 0 Å². The molecule has 0 radical (unpaired) electrons. The topological polar surface area (TPSA) is 85.2 Å². The molecule has 0 aromatic carbocycles. The van der Waals surface area contributed by atoms with Crippen molar-refractivity contribution in [2.24, 2.45) is 17.4 Å². The fourth-order valence-electron chi connectivity index (χ4n) is 2.08. The van der Waals surface area contributed by atoms with Crippen LogP contribution in [0.2, 0.25) is 0 Å². The fraction of sp³-hybridized carbons (Fsp3) is 0.455. The highest BCUT2D eigenvalue weighted by atomic mass is 16.1. The molecule has 5 heteroatoms. The lowest BCUT2D eigenvalue weighted by Crippen LogP contribution is -2.28. The second kappa shape index (κ2) is 4.49.